The van der Waals surface area contributed by atoms with Crippen LogP contribution in [0.3, 0.4) is 0 Å². The highest BCUT2D eigenvalue weighted by Crippen LogP contribution is 2.28. The summed E-state index contributed by atoms with van der Waals surface area (Å²) in [6.07, 6.45) is 1.59. The number of benzene rings is 2. The van der Waals surface area contributed by atoms with E-state index in [2.05, 4.69) is 15.5 Å². The van der Waals surface area contributed by atoms with Crippen molar-refractivity contribution in [1.29, 1.82) is 0 Å². The number of aryl methyl sites for hydroxylation is 2. The summed E-state index contributed by atoms with van der Waals surface area (Å²) in [7, 11) is 0. The average Bonchev–Trinajstić information content (AvgIpc) is 3.10. The Morgan fingerprint density at radius 2 is 1.93 bits per heavy atom. The molecule has 1 heterocycles. The highest BCUT2D eigenvalue weighted by atomic mass is 32.2. The van der Waals surface area contributed by atoms with Gasteiger partial charge < -0.3 is 5.32 Å². The van der Waals surface area contributed by atoms with Crippen LogP contribution in [0.15, 0.2) is 53.9 Å². The molecule has 0 aliphatic rings. The maximum atomic E-state index is 12.3. The van der Waals surface area contributed by atoms with E-state index in [1.807, 2.05) is 35.8 Å². The van der Waals surface area contributed by atoms with Gasteiger partial charge in [0, 0.05) is 6.07 Å². The molecule has 0 aliphatic heterocycles. The molecule has 0 saturated carbocycles. The molecule has 2 aromatic carbocycles. The monoisotopic (exact) mass is 383 g/mol. The summed E-state index contributed by atoms with van der Waals surface area (Å²) in [6.45, 7) is 3.69. The van der Waals surface area contributed by atoms with Gasteiger partial charge in [-0.2, -0.15) is 0 Å². The zero-order chi connectivity index (χ0) is 19.4. The number of nitro groups is 1. The number of aromatic nitrogens is 3. The standard InChI is InChI=1S/C18H17N5O3S/c1-12-6-3-4-8-14(12)22-11-19-21-18(22)27-10-16(24)20-17-13(2)7-5-9-15(17)23(25)26/h3-9,11H,10H2,1-2H3,(H,20,24). The van der Waals surface area contributed by atoms with Crippen LogP contribution in [-0.2, 0) is 4.79 Å². The van der Waals surface area contributed by atoms with E-state index in [4.69, 9.17) is 0 Å². The summed E-state index contributed by atoms with van der Waals surface area (Å²) in [5.41, 5.74) is 2.70. The van der Waals surface area contributed by atoms with Crippen LogP contribution in [0.1, 0.15) is 11.1 Å². The Hall–Kier alpha value is -3.20. The minimum Gasteiger partial charge on any atom is -0.319 e. The zero-order valence-electron chi connectivity index (χ0n) is 14.7. The molecule has 0 bridgehead atoms. The van der Waals surface area contributed by atoms with Gasteiger partial charge in [-0.3, -0.25) is 19.5 Å². The minimum atomic E-state index is -0.509. The van der Waals surface area contributed by atoms with Crippen LogP contribution in [0.2, 0.25) is 0 Å². The summed E-state index contributed by atoms with van der Waals surface area (Å²) in [6, 6.07) is 12.4. The molecule has 9 heteroatoms. The first-order valence-corrected chi connectivity index (χ1v) is 9.08. The molecular formula is C18H17N5O3S. The summed E-state index contributed by atoms with van der Waals surface area (Å²) in [5, 5.41) is 22.4. The molecule has 0 unspecified atom stereocenters. The first-order chi connectivity index (χ1) is 13.0. The first kappa shape index (κ1) is 18.6. The molecule has 1 N–H and O–H groups in total. The van der Waals surface area contributed by atoms with Crippen LogP contribution in [0.4, 0.5) is 11.4 Å². The molecule has 3 aromatic rings. The van der Waals surface area contributed by atoms with E-state index in [9.17, 15) is 14.9 Å². The van der Waals surface area contributed by atoms with E-state index in [1.165, 1.54) is 17.8 Å². The van der Waals surface area contributed by atoms with Gasteiger partial charge in [-0.15, -0.1) is 10.2 Å². The molecule has 8 nitrogen and oxygen atoms in total. The molecule has 1 amide bonds. The minimum absolute atomic E-state index is 0.0516. The maximum Gasteiger partial charge on any atom is 0.293 e. The normalized spacial score (nSPS) is 10.6. The van der Waals surface area contributed by atoms with Crippen LogP contribution in [0.25, 0.3) is 5.69 Å². The smallest absolute Gasteiger partial charge is 0.293 e. The van der Waals surface area contributed by atoms with Gasteiger partial charge in [-0.05, 0) is 31.0 Å². The number of nitrogens with zero attached hydrogens (tertiary/aromatic N) is 4. The van der Waals surface area contributed by atoms with E-state index in [0.29, 0.717) is 10.7 Å². The van der Waals surface area contributed by atoms with Gasteiger partial charge >= 0.3 is 0 Å². The van der Waals surface area contributed by atoms with Crippen LogP contribution < -0.4 is 5.32 Å². The third kappa shape index (κ3) is 4.14. The number of para-hydroxylation sites is 2. The Bertz CT molecular complexity index is 1000. The molecule has 0 fully saturated rings. The lowest BCUT2D eigenvalue weighted by atomic mass is 10.1. The summed E-state index contributed by atoms with van der Waals surface area (Å²) in [5.74, 6) is -0.299. The number of nitro benzene ring substituents is 1. The van der Waals surface area contributed by atoms with Gasteiger partial charge in [-0.1, -0.05) is 42.1 Å². The molecule has 3 rings (SSSR count). The SMILES string of the molecule is Cc1ccccc1-n1cnnc1SCC(=O)Nc1c(C)cccc1[N+](=O)[O-]. The topological polar surface area (TPSA) is 103 Å². The van der Waals surface area contributed by atoms with Crippen molar-refractivity contribution in [3.8, 4) is 5.69 Å². The van der Waals surface area contributed by atoms with Crippen molar-refractivity contribution in [1.82, 2.24) is 14.8 Å². The van der Waals surface area contributed by atoms with E-state index in [1.54, 1.807) is 25.4 Å². The zero-order valence-corrected chi connectivity index (χ0v) is 15.6. The Morgan fingerprint density at radius 3 is 2.67 bits per heavy atom. The molecule has 1 aromatic heterocycles. The number of amides is 1. The van der Waals surface area contributed by atoms with Gasteiger partial charge in [-0.25, -0.2) is 0 Å². The molecule has 138 valence electrons. The number of anilines is 1. The molecular weight excluding hydrogens is 366 g/mol. The van der Waals surface area contributed by atoms with E-state index in [-0.39, 0.29) is 23.0 Å². The highest BCUT2D eigenvalue weighted by molar-refractivity contribution is 7.99. The molecule has 0 radical (unpaired) electrons. The average molecular weight is 383 g/mol. The molecule has 0 aliphatic carbocycles. The second-order valence-corrected chi connectivity index (χ2v) is 6.78. The fourth-order valence-corrected chi connectivity index (χ4v) is 3.32. The third-order valence-corrected chi connectivity index (χ3v) is 4.88. The fourth-order valence-electron chi connectivity index (χ4n) is 2.59. The van der Waals surface area contributed by atoms with Gasteiger partial charge in [0.25, 0.3) is 5.69 Å². The highest BCUT2D eigenvalue weighted by Gasteiger charge is 2.18. The third-order valence-electron chi connectivity index (χ3n) is 3.94. The quantitative estimate of drug-likeness (QED) is 0.397. The van der Waals surface area contributed by atoms with Crippen molar-refractivity contribution in [2.24, 2.45) is 0 Å². The van der Waals surface area contributed by atoms with Crippen molar-refractivity contribution in [2.45, 2.75) is 19.0 Å². The van der Waals surface area contributed by atoms with Gasteiger partial charge in [0.2, 0.25) is 5.91 Å². The lowest BCUT2D eigenvalue weighted by Crippen LogP contribution is -2.16. The Kier molecular flexibility index (Phi) is 5.51. The predicted molar refractivity (Wildman–Crippen MR) is 103 cm³/mol. The van der Waals surface area contributed by atoms with E-state index < -0.39 is 4.92 Å². The lowest BCUT2D eigenvalue weighted by molar-refractivity contribution is -0.384. The maximum absolute atomic E-state index is 12.3. The number of carbonyl (C=O) groups is 1. The fraction of sp³-hybridized carbons (Fsp3) is 0.167. The summed E-state index contributed by atoms with van der Waals surface area (Å²) >= 11 is 1.21. The molecule has 0 atom stereocenters. The van der Waals surface area contributed by atoms with Gasteiger partial charge in [0.05, 0.1) is 16.4 Å². The first-order valence-electron chi connectivity index (χ1n) is 8.10. The van der Waals surface area contributed by atoms with Crippen LogP contribution in [0, 0.1) is 24.0 Å². The van der Waals surface area contributed by atoms with Crippen molar-refractivity contribution >= 4 is 29.0 Å². The molecule has 0 spiro atoms. The van der Waals surface area contributed by atoms with Crippen LogP contribution >= 0.6 is 11.8 Å². The van der Waals surface area contributed by atoms with Crippen LogP contribution in [0.5, 0.6) is 0 Å². The number of hydrogen-bond donors (Lipinski definition) is 1. The van der Waals surface area contributed by atoms with Crippen molar-refractivity contribution in [3.05, 3.63) is 70.0 Å². The van der Waals surface area contributed by atoms with Gasteiger partial charge in [0.15, 0.2) is 5.16 Å². The number of carbonyl (C=O) groups excluding carboxylic acids is 1. The number of thioether (sulfide) groups is 1. The van der Waals surface area contributed by atoms with E-state index >= 15 is 0 Å². The Morgan fingerprint density at radius 1 is 1.19 bits per heavy atom. The largest absolute Gasteiger partial charge is 0.319 e. The second-order valence-electron chi connectivity index (χ2n) is 5.83. The predicted octanol–water partition coefficient (Wildman–Crippen LogP) is 3.52. The number of hydrogen-bond acceptors (Lipinski definition) is 6. The van der Waals surface area contributed by atoms with Crippen LogP contribution in [-0.4, -0.2) is 31.3 Å². The second kappa shape index (κ2) is 8.00. The van der Waals surface area contributed by atoms with Crippen molar-refractivity contribution in [2.75, 3.05) is 11.1 Å². The lowest BCUT2D eigenvalue weighted by Gasteiger charge is -2.10. The van der Waals surface area contributed by atoms with Crippen molar-refractivity contribution in [3.63, 3.8) is 0 Å². The Balaban J connectivity index is 1.73. The van der Waals surface area contributed by atoms with Gasteiger partial charge in [0.1, 0.15) is 12.0 Å². The van der Waals surface area contributed by atoms with E-state index in [0.717, 1.165) is 11.3 Å². The number of rotatable bonds is 6. The summed E-state index contributed by atoms with van der Waals surface area (Å²) < 4.78 is 1.81. The Labute approximate surface area is 159 Å². The number of nitrogens with one attached hydrogen (secondary N) is 1. The molecule has 0 saturated heterocycles. The van der Waals surface area contributed by atoms with Crippen molar-refractivity contribution < 1.29 is 9.72 Å². The molecule has 27 heavy (non-hydrogen) atoms. The summed E-state index contributed by atoms with van der Waals surface area (Å²) in [4.78, 5) is 23.0.